The van der Waals surface area contributed by atoms with E-state index in [1.807, 2.05) is 0 Å². The van der Waals surface area contributed by atoms with Crippen molar-refractivity contribution < 1.29 is 19.5 Å². The van der Waals surface area contributed by atoms with Crippen molar-refractivity contribution in [2.45, 2.75) is 175 Å². The monoisotopic (exact) mass is 555 g/mol. The summed E-state index contributed by atoms with van der Waals surface area (Å²) in [5.74, 6) is -0.664. The van der Waals surface area contributed by atoms with Gasteiger partial charge in [-0.3, -0.25) is 19.8 Å². The third-order valence-corrected chi connectivity index (χ3v) is 6.81. The first-order valence-electron chi connectivity index (χ1n) is 16.4. The third-order valence-electron chi connectivity index (χ3n) is 6.81. The van der Waals surface area contributed by atoms with E-state index >= 15 is 0 Å². The number of carboxylic acids is 1. The zero-order chi connectivity index (χ0) is 29.2. The van der Waals surface area contributed by atoms with Crippen molar-refractivity contribution in [3.8, 4) is 0 Å². The molecule has 0 bridgehead atoms. The molecule has 0 atom stereocenters. The largest absolute Gasteiger partial charge is 0.481 e. The van der Waals surface area contributed by atoms with Crippen molar-refractivity contribution >= 4 is 17.8 Å². The lowest BCUT2D eigenvalue weighted by molar-refractivity contribution is -0.134. The summed E-state index contributed by atoms with van der Waals surface area (Å²) in [7, 11) is 0. The average molecular weight is 556 g/mol. The molecular formula is C32H65N3O4. The Hall–Kier alpha value is -1.63. The van der Waals surface area contributed by atoms with Gasteiger partial charge in [0.05, 0.1) is 0 Å². The summed E-state index contributed by atoms with van der Waals surface area (Å²) in [6.07, 6.45) is 29.7. The molecule has 7 heteroatoms. The molecule has 0 rings (SSSR count). The van der Waals surface area contributed by atoms with Crippen LogP contribution in [0.25, 0.3) is 0 Å². The van der Waals surface area contributed by atoms with Crippen LogP contribution in [0.3, 0.4) is 0 Å². The number of carbonyl (C=O) groups excluding carboxylic acids is 2. The molecule has 0 radical (unpaired) electrons. The topological polar surface area (TPSA) is 108 Å². The number of hydrogen-bond donors (Lipinski definition) is 4. The van der Waals surface area contributed by atoms with Crippen LogP contribution < -0.4 is 16.2 Å². The Morgan fingerprint density at radius 1 is 0.487 bits per heavy atom. The first-order chi connectivity index (χ1) is 18.9. The minimum atomic E-state index is -0.833. The van der Waals surface area contributed by atoms with Gasteiger partial charge in [-0.05, 0) is 12.8 Å². The molecule has 0 aliphatic heterocycles. The quantitative estimate of drug-likeness (QED) is 0.0574. The van der Waals surface area contributed by atoms with Gasteiger partial charge in [-0.1, -0.05) is 142 Å². The van der Waals surface area contributed by atoms with E-state index in [-0.39, 0.29) is 11.8 Å². The van der Waals surface area contributed by atoms with Crippen LogP contribution in [-0.4, -0.2) is 36.0 Å². The molecule has 0 spiro atoms. The molecule has 0 saturated carbocycles. The van der Waals surface area contributed by atoms with Crippen molar-refractivity contribution in [3.05, 3.63) is 0 Å². The van der Waals surface area contributed by atoms with Gasteiger partial charge in [-0.25, -0.2) is 5.43 Å². The SMILES string of the molecule is CC(=O)O.CCCCCCCCCCCCCC(=O)NCCNNC(=O)CCCCCCCCCCCCC. The minimum absolute atomic E-state index is 0.0493. The molecule has 0 unspecified atom stereocenters. The number of amides is 2. The Bertz CT molecular complexity index is 500. The van der Waals surface area contributed by atoms with E-state index in [1.54, 1.807) is 0 Å². The molecule has 7 nitrogen and oxygen atoms in total. The van der Waals surface area contributed by atoms with Gasteiger partial charge >= 0.3 is 0 Å². The lowest BCUT2D eigenvalue weighted by Crippen LogP contribution is -2.42. The van der Waals surface area contributed by atoms with E-state index in [0.717, 1.165) is 32.6 Å². The van der Waals surface area contributed by atoms with E-state index in [9.17, 15) is 9.59 Å². The summed E-state index contributed by atoms with van der Waals surface area (Å²) in [5.41, 5.74) is 5.67. The van der Waals surface area contributed by atoms with E-state index in [2.05, 4.69) is 30.0 Å². The zero-order valence-corrected chi connectivity index (χ0v) is 26.1. The van der Waals surface area contributed by atoms with E-state index < -0.39 is 5.97 Å². The van der Waals surface area contributed by atoms with Crippen LogP contribution in [0, 0.1) is 0 Å². The van der Waals surface area contributed by atoms with Gasteiger partial charge in [0.2, 0.25) is 11.8 Å². The summed E-state index contributed by atoms with van der Waals surface area (Å²) in [5, 5.41) is 10.3. The fourth-order valence-electron chi connectivity index (χ4n) is 4.48. The molecule has 232 valence electrons. The molecule has 0 heterocycles. The van der Waals surface area contributed by atoms with Crippen LogP contribution in [0.15, 0.2) is 0 Å². The molecule has 39 heavy (non-hydrogen) atoms. The predicted octanol–water partition coefficient (Wildman–Crippen LogP) is 8.22. The van der Waals surface area contributed by atoms with Gasteiger partial charge in [0.1, 0.15) is 0 Å². The molecule has 4 N–H and O–H groups in total. The Kier molecular flexibility index (Phi) is 34.8. The number of hydrazine groups is 1. The van der Waals surface area contributed by atoms with Crippen LogP contribution in [0.5, 0.6) is 0 Å². The molecule has 0 aromatic carbocycles. The molecular weight excluding hydrogens is 490 g/mol. The van der Waals surface area contributed by atoms with Crippen LogP contribution >= 0.6 is 0 Å². The number of aliphatic carboxylic acids is 1. The summed E-state index contributed by atoms with van der Waals surface area (Å²) in [4.78, 5) is 32.8. The number of hydrogen-bond acceptors (Lipinski definition) is 4. The molecule has 0 aromatic heterocycles. The highest BCUT2D eigenvalue weighted by atomic mass is 16.4. The molecule has 0 aliphatic rings. The number of carbonyl (C=O) groups is 3. The van der Waals surface area contributed by atoms with Gasteiger partial charge in [-0.2, -0.15) is 0 Å². The fourth-order valence-corrected chi connectivity index (χ4v) is 4.48. The Morgan fingerprint density at radius 2 is 0.795 bits per heavy atom. The van der Waals surface area contributed by atoms with Crippen molar-refractivity contribution in [2.24, 2.45) is 0 Å². The van der Waals surface area contributed by atoms with Gasteiger partial charge in [0.25, 0.3) is 5.97 Å². The molecule has 0 fully saturated rings. The lowest BCUT2D eigenvalue weighted by atomic mass is 10.1. The predicted molar refractivity (Wildman–Crippen MR) is 165 cm³/mol. The maximum absolute atomic E-state index is 11.9. The first-order valence-corrected chi connectivity index (χ1v) is 16.4. The number of unbranched alkanes of at least 4 members (excludes halogenated alkanes) is 20. The Morgan fingerprint density at radius 3 is 1.15 bits per heavy atom. The molecule has 2 amide bonds. The highest BCUT2D eigenvalue weighted by Gasteiger charge is 2.02. The summed E-state index contributed by atoms with van der Waals surface area (Å²) in [6.45, 7) is 6.72. The average Bonchev–Trinajstić information content (AvgIpc) is 2.90. The van der Waals surface area contributed by atoms with Crippen LogP contribution in [-0.2, 0) is 14.4 Å². The van der Waals surface area contributed by atoms with Gasteiger partial charge < -0.3 is 10.4 Å². The second-order valence-corrected chi connectivity index (χ2v) is 10.9. The highest BCUT2D eigenvalue weighted by Crippen LogP contribution is 2.13. The zero-order valence-electron chi connectivity index (χ0n) is 26.1. The highest BCUT2D eigenvalue weighted by molar-refractivity contribution is 5.76. The maximum atomic E-state index is 11.9. The molecule has 0 aliphatic carbocycles. The first kappa shape index (κ1) is 39.5. The number of nitrogens with one attached hydrogen (secondary N) is 3. The normalized spacial score (nSPS) is 10.5. The van der Waals surface area contributed by atoms with Crippen LogP contribution in [0.2, 0.25) is 0 Å². The number of rotatable bonds is 28. The third kappa shape index (κ3) is 41.0. The van der Waals surface area contributed by atoms with Crippen molar-refractivity contribution in [3.63, 3.8) is 0 Å². The van der Waals surface area contributed by atoms with Gasteiger partial charge in [-0.15, -0.1) is 0 Å². The summed E-state index contributed by atoms with van der Waals surface area (Å²) in [6, 6.07) is 0. The maximum Gasteiger partial charge on any atom is 0.300 e. The van der Waals surface area contributed by atoms with Crippen LogP contribution in [0.1, 0.15) is 175 Å². The standard InChI is InChI=1S/C30H61N3O2.C2H4O2/c1-3-5-7-9-11-13-15-17-19-21-23-25-29(34)31-27-28-32-33-30(35)26-24-22-20-18-16-14-12-10-8-6-4-2;1-2(3)4/h32H,3-28H2,1-2H3,(H,31,34)(H,33,35);1H3,(H,3,4). The molecule has 0 saturated heterocycles. The number of carboxylic acid groups (broad SMARTS) is 1. The van der Waals surface area contributed by atoms with Gasteiger partial charge in [0, 0.05) is 32.9 Å². The smallest absolute Gasteiger partial charge is 0.300 e. The Balaban J connectivity index is 0. The van der Waals surface area contributed by atoms with Crippen molar-refractivity contribution in [2.75, 3.05) is 13.1 Å². The second kappa shape index (κ2) is 34.4. The van der Waals surface area contributed by atoms with E-state index in [1.165, 1.54) is 116 Å². The lowest BCUT2D eigenvalue weighted by Gasteiger charge is -2.09. The second-order valence-electron chi connectivity index (χ2n) is 10.9. The van der Waals surface area contributed by atoms with Gasteiger partial charge in [0.15, 0.2) is 0 Å². The van der Waals surface area contributed by atoms with E-state index in [4.69, 9.17) is 9.90 Å². The van der Waals surface area contributed by atoms with Crippen LogP contribution in [0.4, 0.5) is 0 Å². The Labute approximate surface area is 241 Å². The summed E-state index contributed by atoms with van der Waals surface area (Å²) >= 11 is 0. The summed E-state index contributed by atoms with van der Waals surface area (Å²) < 4.78 is 0. The van der Waals surface area contributed by atoms with E-state index in [0.29, 0.717) is 25.9 Å². The van der Waals surface area contributed by atoms with Crippen molar-refractivity contribution in [1.29, 1.82) is 0 Å². The van der Waals surface area contributed by atoms with Crippen molar-refractivity contribution in [1.82, 2.24) is 16.2 Å². The fraction of sp³-hybridized carbons (Fsp3) is 0.906. The minimum Gasteiger partial charge on any atom is -0.481 e. The molecule has 0 aromatic rings.